The van der Waals surface area contributed by atoms with E-state index in [4.69, 9.17) is 17.0 Å². The van der Waals surface area contributed by atoms with E-state index in [0.717, 1.165) is 0 Å². The van der Waals surface area contributed by atoms with Gasteiger partial charge in [-0.25, -0.2) is 0 Å². The highest BCUT2D eigenvalue weighted by Gasteiger charge is 2.17. The summed E-state index contributed by atoms with van der Waals surface area (Å²) in [6.45, 7) is 2.71. The Kier molecular flexibility index (Phi) is 3.70. The lowest BCUT2D eigenvalue weighted by molar-refractivity contribution is 0.0668. The largest absolute Gasteiger partial charge is 0.378 e. The zero-order valence-corrected chi connectivity index (χ0v) is 10.4. The van der Waals surface area contributed by atoms with Crippen LogP contribution in [0.4, 0.5) is 0 Å². The number of hydrogen-bond acceptors (Lipinski definition) is 4. The number of ether oxygens (including phenoxy) is 1. The molecule has 0 aliphatic carbocycles. The lowest BCUT2D eigenvalue weighted by Gasteiger charge is -2.28. The van der Waals surface area contributed by atoms with E-state index in [1.165, 1.54) is 4.68 Å². The molecular weight excluding hydrogens is 240 g/mol. The Bertz CT molecular complexity index is 426. The minimum Gasteiger partial charge on any atom is -0.378 e. The molecule has 0 radical (unpaired) electrons. The number of morpholine rings is 1. The third-order valence-electron chi connectivity index (χ3n) is 2.57. The lowest BCUT2D eigenvalue weighted by Crippen LogP contribution is -2.48. The Labute approximate surface area is 105 Å². The molecule has 1 aromatic heterocycles. The fourth-order valence-electron chi connectivity index (χ4n) is 1.60. The minimum atomic E-state index is -0.235. The zero-order valence-electron chi connectivity index (χ0n) is 9.55. The summed E-state index contributed by atoms with van der Waals surface area (Å²) < 4.78 is 6.73. The molecule has 92 valence electrons. The lowest BCUT2D eigenvalue weighted by atomic mass is 10.4. The van der Waals surface area contributed by atoms with Crippen molar-refractivity contribution in [1.82, 2.24) is 20.0 Å². The first-order valence-corrected chi connectivity index (χ1v) is 5.75. The van der Waals surface area contributed by atoms with Crippen molar-refractivity contribution >= 4 is 23.2 Å². The summed E-state index contributed by atoms with van der Waals surface area (Å²) in [7, 11) is 1.71. The van der Waals surface area contributed by atoms with Crippen molar-refractivity contribution in [3.8, 4) is 0 Å². The zero-order chi connectivity index (χ0) is 12.3. The van der Waals surface area contributed by atoms with E-state index in [1.54, 1.807) is 19.3 Å². The maximum absolute atomic E-state index is 11.9. The van der Waals surface area contributed by atoms with Crippen molar-refractivity contribution in [2.75, 3.05) is 26.3 Å². The summed E-state index contributed by atoms with van der Waals surface area (Å²) in [5.74, 6) is -0.235. The highest BCUT2D eigenvalue weighted by atomic mass is 32.1. The van der Waals surface area contributed by atoms with Gasteiger partial charge in [-0.05, 0) is 18.3 Å². The molecule has 0 atom stereocenters. The van der Waals surface area contributed by atoms with Crippen LogP contribution in [-0.2, 0) is 11.8 Å². The van der Waals surface area contributed by atoms with Crippen molar-refractivity contribution < 1.29 is 9.53 Å². The van der Waals surface area contributed by atoms with Crippen LogP contribution in [-0.4, -0.2) is 52.0 Å². The first kappa shape index (κ1) is 12.0. The number of aromatic nitrogens is 2. The van der Waals surface area contributed by atoms with E-state index in [9.17, 15) is 4.79 Å². The summed E-state index contributed by atoms with van der Waals surface area (Å²) in [4.78, 5) is 13.8. The van der Waals surface area contributed by atoms with Gasteiger partial charge in [0, 0.05) is 26.3 Å². The average Bonchev–Trinajstić information content (AvgIpc) is 2.76. The topological polar surface area (TPSA) is 59.4 Å². The van der Waals surface area contributed by atoms with Gasteiger partial charge in [0.05, 0.1) is 13.2 Å². The first-order chi connectivity index (χ1) is 8.18. The van der Waals surface area contributed by atoms with E-state index in [-0.39, 0.29) is 5.91 Å². The second-order valence-electron chi connectivity index (χ2n) is 3.70. The van der Waals surface area contributed by atoms with Crippen LogP contribution in [0.5, 0.6) is 0 Å². The number of nitrogens with one attached hydrogen (secondary N) is 1. The van der Waals surface area contributed by atoms with Gasteiger partial charge in [0.1, 0.15) is 5.69 Å². The van der Waals surface area contributed by atoms with Crippen molar-refractivity contribution in [1.29, 1.82) is 0 Å². The predicted molar refractivity (Wildman–Crippen MR) is 65.7 cm³/mol. The number of rotatable bonds is 1. The Hall–Kier alpha value is -1.47. The van der Waals surface area contributed by atoms with Gasteiger partial charge in [-0.3, -0.25) is 14.8 Å². The van der Waals surface area contributed by atoms with E-state index < -0.39 is 0 Å². The molecule has 0 spiro atoms. The van der Waals surface area contributed by atoms with E-state index in [1.807, 2.05) is 4.90 Å². The molecule has 2 heterocycles. The highest BCUT2D eigenvalue weighted by Crippen LogP contribution is 2.00. The quantitative estimate of drug-likeness (QED) is 0.701. The van der Waals surface area contributed by atoms with E-state index in [2.05, 4.69) is 10.4 Å². The van der Waals surface area contributed by atoms with Crippen LogP contribution in [0.25, 0.3) is 0 Å². The number of amides is 1. The van der Waals surface area contributed by atoms with Crippen LogP contribution in [0.3, 0.4) is 0 Å². The maximum Gasteiger partial charge on any atom is 0.275 e. The number of carbonyl (C=O) groups excluding carboxylic acids is 1. The molecule has 0 unspecified atom stereocenters. The molecule has 1 fully saturated rings. The number of thiocarbonyl (C=S) groups is 1. The maximum atomic E-state index is 11.9. The predicted octanol–water partition coefficient (Wildman–Crippen LogP) is -0.233. The molecule has 1 amide bonds. The molecule has 1 N–H and O–H groups in total. The number of nitrogens with zero attached hydrogens (tertiary/aromatic N) is 3. The summed E-state index contributed by atoms with van der Waals surface area (Å²) in [6.07, 6.45) is 1.58. The van der Waals surface area contributed by atoms with Crippen molar-refractivity contribution in [3.63, 3.8) is 0 Å². The molecule has 17 heavy (non-hydrogen) atoms. The molecule has 6 nitrogen and oxygen atoms in total. The molecular formula is C10H14N4O2S. The minimum absolute atomic E-state index is 0.235. The van der Waals surface area contributed by atoms with Crippen LogP contribution >= 0.6 is 12.2 Å². The van der Waals surface area contributed by atoms with Crippen LogP contribution < -0.4 is 5.32 Å². The van der Waals surface area contributed by atoms with Crippen LogP contribution in [0.15, 0.2) is 12.3 Å². The normalized spacial score (nSPS) is 15.7. The third-order valence-corrected chi connectivity index (χ3v) is 2.93. The molecule has 2 rings (SSSR count). The molecule has 0 aromatic carbocycles. The second kappa shape index (κ2) is 5.24. The van der Waals surface area contributed by atoms with Crippen LogP contribution in [0.1, 0.15) is 10.5 Å². The molecule has 7 heteroatoms. The summed E-state index contributed by atoms with van der Waals surface area (Å²) in [5, 5.41) is 7.08. The van der Waals surface area contributed by atoms with Gasteiger partial charge >= 0.3 is 0 Å². The Balaban J connectivity index is 1.94. The Morgan fingerprint density at radius 3 is 2.82 bits per heavy atom. The Morgan fingerprint density at radius 1 is 1.53 bits per heavy atom. The number of aryl methyl sites for hydroxylation is 1. The molecule has 1 aromatic rings. The molecule has 0 bridgehead atoms. The smallest absolute Gasteiger partial charge is 0.275 e. The monoisotopic (exact) mass is 254 g/mol. The third kappa shape index (κ3) is 2.80. The van der Waals surface area contributed by atoms with Crippen LogP contribution in [0, 0.1) is 0 Å². The van der Waals surface area contributed by atoms with Gasteiger partial charge in [0.25, 0.3) is 5.91 Å². The van der Waals surface area contributed by atoms with Gasteiger partial charge in [-0.1, -0.05) is 0 Å². The van der Waals surface area contributed by atoms with E-state index >= 15 is 0 Å². The molecule has 1 aliphatic rings. The standard InChI is InChI=1S/C10H14N4O2S/c1-13-8(2-3-11-13)9(15)12-10(17)14-4-6-16-7-5-14/h2-3H,4-7H2,1H3,(H,12,15,17). The van der Waals surface area contributed by atoms with Gasteiger partial charge in [0.2, 0.25) is 0 Å². The summed E-state index contributed by atoms with van der Waals surface area (Å²) >= 11 is 5.18. The Morgan fingerprint density at radius 2 is 2.24 bits per heavy atom. The van der Waals surface area contributed by atoms with Gasteiger partial charge in [-0.2, -0.15) is 5.10 Å². The molecule has 1 aliphatic heterocycles. The fourth-order valence-corrected chi connectivity index (χ4v) is 1.88. The second-order valence-corrected chi connectivity index (χ2v) is 4.09. The van der Waals surface area contributed by atoms with Gasteiger partial charge < -0.3 is 9.64 Å². The van der Waals surface area contributed by atoms with Crippen molar-refractivity contribution in [3.05, 3.63) is 18.0 Å². The average molecular weight is 254 g/mol. The number of carbonyl (C=O) groups is 1. The summed E-state index contributed by atoms with van der Waals surface area (Å²) in [5.41, 5.74) is 0.487. The number of hydrogen-bond donors (Lipinski definition) is 1. The summed E-state index contributed by atoms with van der Waals surface area (Å²) in [6, 6.07) is 1.65. The SMILES string of the molecule is Cn1nccc1C(=O)NC(=S)N1CCOCC1. The van der Waals surface area contributed by atoms with Crippen LogP contribution in [0.2, 0.25) is 0 Å². The van der Waals surface area contributed by atoms with Gasteiger partial charge in [0.15, 0.2) is 5.11 Å². The van der Waals surface area contributed by atoms with E-state index in [0.29, 0.717) is 37.1 Å². The van der Waals surface area contributed by atoms with Crippen molar-refractivity contribution in [2.45, 2.75) is 0 Å². The van der Waals surface area contributed by atoms with Crippen molar-refractivity contribution in [2.24, 2.45) is 7.05 Å². The van der Waals surface area contributed by atoms with Gasteiger partial charge in [-0.15, -0.1) is 0 Å². The molecule has 0 saturated carbocycles. The fraction of sp³-hybridized carbons (Fsp3) is 0.500. The highest BCUT2D eigenvalue weighted by molar-refractivity contribution is 7.80. The first-order valence-electron chi connectivity index (χ1n) is 5.34. The molecule has 1 saturated heterocycles.